The van der Waals surface area contributed by atoms with Crippen LogP contribution in [0, 0.1) is 0 Å². The zero-order valence-corrected chi connectivity index (χ0v) is 16.2. The van der Waals surface area contributed by atoms with Gasteiger partial charge < -0.3 is 10.1 Å². The van der Waals surface area contributed by atoms with Gasteiger partial charge in [-0.3, -0.25) is 4.79 Å². The number of rotatable bonds is 6. The van der Waals surface area contributed by atoms with E-state index in [1.54, 1.807) is 18.2 Å². The maximum absolute atomic E-state index is 12.8. The molecule has 0 saturated heterocycles. The minimum absolute atomic E-state index is 0.0283. The standard InChI is InChI=1S/C19H16Cl2F3NO3/c1-28-18(27)16(10-13-14(20)6-3-7-15(13)21)25-17(26)9-11-4-2-5-12(8-11)19(22,23)24/h2-8,16H,9-10H2,1H3,(H,25,26)/t16-/m1/s1. The quantitative estimate of drug-likeness (QED) is 0.684. The molecule has 0 spiro atoms. The van der Waals surface area contributed by atoms with Crippen LogP contribution >= 0.6 is 23.2 Å². The summed E-state index contributed by atoms with van der Waals surface area (Å²) in [5.74, 6) is -1.37. The van der Waals surface area contributed by atoms with Gasteiger partial charge in [0.05, 0.1) is 19.1 Å². The Kier molecular flexibility index (Phi) is 7.32. The molecule has 0 fully saturated rings. The van der Waals surface area contributed by atoms with E-state index < -0.39 is 29.7 Å². The molecule has 0 unspecified atom stereocenters. The molecule has 0 bridgehead atoms. The lowest BCUT2D eigenvalue weighted by Gasteiger charge is -2.18. The first-order chi connectivity index (χ1) is 13.1. The van der Waals surface area contributed by atoms with Gasteiger partial charge >= 0.3 is 12.1 Å². The maximum Gasteiger partial charge on any atom is 0.416 e. The van der Waals surface area contributed by atoms with Crippen LogP contribution in [-0.4, -0.2) is 25.0 Å². The van der Waals surface area contributed by atoms with Crippen molar-refractivity contribution in [3.8, 4) is 0 Å². The van der Waals surface area contributed by atoms with Gasteiger partial charge in [0.1, 0.15) is 6.04 Å². The molecule has 0 aromatic heterocycles. The second-order valence-electron chi connectivity index (χ2n) is 5.92. The molecule has 4 nitrogen and oxygen atoms in total. The number of carbonyl (C=O) groups excluding carboxylic acids is 2. The van der Waals surface area contributed by atoms with Crippen molar-refractivity contribution in [2.24, 2.45) is 0 Å². The highest BCUT2D eigenvalue weighted by Crippen LogP contribution is 2.29. The molecular weight excluding hydrogens is 418 g/mol. The van der Waals surface area contributed by atoms with E-state index >= 15 is 0 Å². The largest absolute Gasteiger partial charge is 0.467 e. The smallest absolute Gasteiger partial charge is 0.416 e. The fourth-order valence-electron chi connectivity index (χ4n) is 2.56. The number of benzene rings is 2. The summed E-state index contributed by atoms with van der Waals surface area (Å²) in [5.41, 5.74) is -0.252. The van der Waals surface area contributed by atoms with Crippen LogP contribution in [0.3, 0.4) is 0 Å². The van der Waals surface area contributed by atoms with Crippen LogP contribution in [0.1, 0.15) is 16.7 Å². The first kappa shape index (κ1) is 22.0. The van der Waals surface area contributed by atoms with Gasteiger partial charge in [0, 0.05) is 16.5 Å². The Morgan fingerprint density at radius 1 is 1.11 bits per heavy atom. The van der Waals surface area contributed by atoms with Crippen LogP contribution in [0.4, 0.5) is 13.2 Å². The van der Waals surface area contributed by atoms with Gasteiger partial charge in [-0.2, -0.15) is 13.2 Å². The van der Waals surface area contributed by atoms with Gasteiger partial charge in [-0.15, -0.1) is 0 Å². The van der Waals surface area contributed by atoms with E-state index in [-0.39, 0.29) is 18.4 Å². The Balaban J connectivity index is 2.15. The van der Waals surface area contributed by atoms with Crippen LogP contribution in [0.2, 0.25) is 10.0 Å². The van der Waals surface area contributed by atoms with Gasteiger partial charge in [-0.1, -0.05) is 47.5 Å². The Hall–Kier alpha value is -2.25. The first-order valence-electron chi connectivity index (χ1n) is 8.08. The number of hydrogen-bond acceptors (Lipinski definition) is 3. The highest BCUT2D eigenvalue weighted by Gasteiger charge is 2.30. The molecule has 0 saturated carbocycles. The molecule has 0 heterocycles. The van der Waals surface area contributed by atoms with E-state index in [1.165, 1.54) is 12.1 Å². The molecule has 150 valence electrons. The van der Waals surface area contributed by atoms with Gasteiger partial charge in [0.2, 0.25) is 5.91 Å². The Bertz CT molecular complexity index is 851. The molecule has 0 radical (unpaired) electrons. The van der Waals surface area contributed by atoms with Gasteiger partial charge in [-0.25, -0.2) is 4.79 Å². The van der Waals surface area contributed by atoms with Gasteiger partial charge in [0.15, 0.2) is 0 Å². The average Bonchev–Trinajstić information content (AvgIpc) is 2.62. The van der Waals surface area contributed by atoms with Crippen molar-refractivity contribution in [1.29, 1.82) is 0 Å². The van der Waals surface area contributed by atoms with Crippen LogP contribution < -0.4 is 5.32 Å². The minimum Gasteiger partial charge on any atom is -0.467 e. The van der Waals surface area contributed by atoms with Crippen molar-refractivity contribution in [2.75, 3.05) is 7.11 Å². The Morgan fingerprint density at radius 2 is 1.71 bits per heavy atom. The summed E-state index contributed by atoms with van der Waals surface area (Å²) in [7, 11) is 1.16. The molecule has 2 rings (SSSR count). The van der Waals surface area contributed by atoms with E-state index in [1.807, 2.05) is 0 Å². The van der Waals surface area contributed by atoms with E-state index in [9.17, 15) is 22.8 Å². The zero-order valence-electron chi connectivity index (χ0n) is 14.6. The van der Waals surface area contributed by atoms with Crippen molar-refractivity contribution >= 4 is 35.1 Å². The van der Waals surface area contributed by atoms with Crippen LogP contribution in [0.25, 0.3) is 0 Å². The number of ether oxygens (including phenoxy) is 1. The van der Waals surface area contributed by atoms with E-state index in [0.29, 0.717) is 15.6 Å². The van der Waals surface area contributed by atoms with E-state index in [0.717, 1.165) is 19.2 Å². The molecule has 2 aromatic rings. The van der Waals surface area contributed by atoms with Crippen molar-refractivity contribution in [1.82, 2.24) is 5.32 Å². The molecule has 1 N–H and O–H groups in total. The third-order valence-corrected chi connectivity index (χ3v) is 4.62. The highest BCUT2D eigenvalue weighted by atomic mass is 35.5. The molecule has 2 aromatic carbocycles. The Labute approximate surface area is 169 Å². The predicted octanol–water partition coefficient (Wildman–Crippen LogP) is 4.46. The summed E-state index contributed by atoms with van der Waals surface area (Å²) in [4.78, 5) is 24.3. The molecule has 0 aliphatic heterocycles. The van der Waals surface area contributed by atoms with E-state index in [4.69, 9.17) is 27.9 Å². The lowest BCUT2D eigenvalue weighted by molar-refractivity contribution is -0.145. The third-order valence-electron chi connectivity index (χ3n) is 3.91. The van der Waals surface area contributed by atoms with Crippen molar-refractivity contribution in [2.45, 2.75) is 25.1 Å². The third kappa shape index (κ3) is 5.87. The molecule has 1 atom stereocenters. The fraction of sp³-hybridized carbons (Fsp3) is 0.263. The van der Waals surface area contributed by atoms with E-state index in [2.05, 4.69) is 5.32 Å². The van der Waals surface area contributed by atoms with Crippen molar-refractivity contribution < 1.29 is 27.5 Å². The number of carbonyl (C=O) groups is 2. The summed E-state index contributed by atoms with van der Waals surface area (Å²) in [5, 5.41) is 3.09. The van der Waals surface area contributed by atoms with Crippen LogP contribution in [-0.2, 0) is 33.3 Å². The number of amides is 1. The minimum atomic E-state index is -4.51. The molecule has 0 aliphatic rings. The molecule has 9 heteroatoms. The summed E-state index contributed by atoms with van der Waals surface area (Å²) in [6.07, 6.45) is -4.88. The van der Waals surface area contributed by atoms with Gasteiger partial charge in [-0.05, 0) is 29.3 Å². The van der Waals surface area contributed by atoms with Gasteiger partial charge in [0.25, 0.3) is 0 Å². The van der Waals surface area contributed by atoms with Crippen LogP contribution in [0.15, 0.2) is 42.5 Å². The normalized spacial score (nSPS) is 12.4. The maximum atomic E-state index is 12.8. The summed E-state index contributed by atoms with van der Waals surface area (Å²) in [6, 6.07) is 8.12. The predicted molar refractivity (Wildman–Crippen MR) is 99.3 cm³/mol. The highest BCUT2D eigenvalue weighted by molar-refractivity contribution is 6.36. The lowest BCUT2D eigenvalue weighted by atomic mass is 10.0. The molecule has 28 heavy (non-hydrogen) atoms. The number of nitrogens with one attached hydrogen (secondary N) is 1. The first-order valence-corrected chi connectivity index (χ1v) is 8.83. The summed E-state index contributed by atoms with van der Waals surface area (Å²) < 4.78 is 43.1. The number of hydrogen-bond donors (Lipinski definition) is 1. The number of methoxy groups -OCH3 is 1. The summed E-state index contributed by atoms with van der Waals surface area (Å²) >= 11 is 12.2. The van der Waals surface area contributed by atoms with Crippen LogP contribution in [0.5, 0.6) is 0 Å². The SMILES string of the molecule is COC(=O)[C@@H](Cc1c(Cl)cccc1Cl)NC(=O)Cc1cccc(C(F)(F)F)c1. The average molecular weight is 434 g/mol. The number of esters is 1. The second kappa shape index (κ2) is 9.30. The molecule has 0 aliphatic carbocycles. The lowest BCUT2D eigenvalue weighted by Crippen LogP contribution is -2.43. The number of halogens is 5. The fourth-order valence-corrected chi connectivity index (χ4v) is 3.11. The topological polar surface area (TPSA) is 55.4 Å². The van der Waals surface area contributed by atoms with Crippen molar-refractivity contribution in [3.63, 3.8) is 0 Å². The number of alkyl halides is 3. The van der Waals surface area contributed by atoms with Crippen molar-refractivity contribution in [3.05, 3.63) is 69.2 Å². The monoisotopic (exact) mass is 433 g/mol. The molecule has 1 amide bonds. The Morgan fingerprint density at radius 3 is 2.29 bits per heavy atom. The summed E-state index contributed by atoms with van der Waals surface area (Å²) in [6.45, 7) is 0. The zero-order chi connectivity index (χ0) is 20.9. The second-order valence-corrected chi connectivity index (χ2v) is 6.74. The molecular formula is C19H16Cl2F3NO3.